The van der Waals surface area contributed by atoms with Gasteiger partial charge >= 0.3 is 0 Å². The Morgan fingerprint density at radius 2 is 1.86 bits per heavy atom. The summed E-state index contributed by atoms with van der Waals surface area (Å²) in [7, 11) is 0. The number of pyridine rings is 1. The van der Waals surface area contributed by atoms with Crippen molar-refractivity contribution in [3.05, 3.63) is 59.8 Å². The molecule has 2 aromatic carbocycles. The summed E-state index contributed by atoms with van der Waals surface area (Å²) in [6.45, 7) is 1.86. The molecule has 21 heavy (non-hydrogen) atoms. The maximum absolute atomic E-state index is 9.24. The molecule has 2 N–H and O–H groups in total. The summed E-state index contributed by atoms with van der Waals surface area (Å²) in [5.74, 6) is 0.946. The predicted molar refractivity (Wildman–Crippen MR) is 82.1 cm³/mol. The SMILES string of the molecule is Cc1ccnc(Oc2ccc(N)c3ccccc23)c1C#N. The van der Waals surface area contributed by atoms with Crippen molar-refractivity contribution in [1.82, 2.24) is 4.98 Å². The van der Waals surface area contributed by atoms with Crippen LogP contribution >= 0.6 is 0 Å². The number of ether oxygens (including phenoxy) is 1. The Balaban J connectivity index is 2.14. The minimum Gasteiger partial charge on any atom is -0.437 e. The minimum absolute atomic E-state index is 0.312. The molecule has 102 valence electrons. The fourth-order valence-corrected chi connectivity index (χ4v) is 2.23. The fourth-order valence-electron chi connectivity index (χ4n) is 2.23. The molecule has 0 aliphatic carbocycles. The number of hydrogen-bond acceptors (Lipinski definition) is 4. The highest BCUT2D eigenvalue weighted by molar-refractivity contribution is 5.97. The average Bonchev–Trinajstić information content (AvgIpc) is 2.51. The van der Waals surface area contributed by atoms with Crippen molar-refractivity contribution in [2.24, 2.45) is 0 Å². The van der Waals surface area contributed by atoms with Gasteiger partial charge in [0.1, 0.15) is 17.4 Å². The Morgan fingerprint density at radius 1 is 1.10 bits per heavy atom. The third-order valence-corrected chi connectivity index (χ3v) is 3.36. The number of hydrogen-bond donors (Lipinski definition) is 1. The van der Waals surface area contributed by atoms with Gasteiger partial charge in [-0.05, 0) is 30.7 Å². The Kier molecular flexibility index (Phi) is 3.17. The molecule has 0 radical (unpaired) electrons. The van der Waals surface area contributed by atoms with Crippen molar-refractivity contribution in [3.8, 4) is 17.7 Å². The maximum Gasteiger partial charge on any atom is 0.237 e. The van der Waals surface area contributed by atoms with Crippen molar-refractivity contribution in [1.29, 1.82) is 5.26 Å². The van der Waals surface area contributed by atoms with Crippen LogP contribution in [0.25, 0.3) is 10.8 Å². The zero-order valence-electron chi connectivity index (χ0n) is 11.5. The predicted octanol–water partition coefficient (Wildman–Crippen LogP) is 3.79. The molecule has 0 aliphatic heterocycles. The Morgan fingerprint density at radius 3 is 2.62 bits per heavy atom. The molecule has 3 rings (SSSR count). The lowest BCUT2D eigenvalue weighted by Gasteiger charge is -2.11. The van der Waals surface area contributed by atoms with Gasteiger partial charge < -0.3 is 10.5 Å². The molecular formula is C17H13N3O. The molecule has 4 nitrogen and oxygen atoms in total. The van der Waals surface area contributed by atoms with E-state index >= 15 is 0 Å². The first-order chi connectivity index (χ1) is 10.2. The van der Waals surface area contributed by atoms with Crippen LogP contribution in [0.1, 0.15) is 11.1 Å². The molecule has 0 saturated carbocycles. The van der Waals surface area contributed by atoms with E-state index in [1.165, 1.54) is 0 Å². The second-order valence-corrected chi connectivity index (χ2v) is 4.72. The lowest BCUT2D eigenvalue weighted by atomic mass is 10.1. The van der Waals surface area contributed by atoms with E-state index in [0.717, 1.165) is 16.3 Å². The lowest BCUT2D eigenvalue weighted by Crippen LogP contribution is -1.96. The molecular weight excluding hydrogens is 262 g/mol. The van der Waals surface area contributed by atoms with Crippen LogP contribution in [-0.4, -0.2) is 4.98 Å². The van der Waals surface area contributed by atoms with Crippen molar-refractivity contribution in [2.45, 2.75) is 6.92 Å². The standard InChI is InChI=1S/C17H13N3O/c1-11-8-9-20-17(14(11)10-18)21-16-7-6-15(19)12-4-2-3-5-13(12)16/h2-9H,19H2,1H3. The van der Waals surface area contributed by atoms with Gasteiger partial charge in [0.05, 0.1) is 0 Å². The summed E-state index contributed by atoms with van der Waals surface area (Å²) < 4.78 is 5.86. The summed E-state index contributed by atoms with van der Waals surface area (Å²) in [6, 6.07) is 15.2. The second-order valence-electron chi connectivity index (χ2n) is 4.72. The molecule has 0 saturated heterocycles. The van der Waals surface area contributed by atoms with Gasteiger partial charge in [0.15, 0.2) is 0 Å². The normalized spacial score (nSPS) is 10.3. The number of nitrogen functional groups attached to an aromatic ring is 1. The number of benzene rings is 2. The number of rotatable bonds is 2. The van der Waals surface area contributed by atoms with Crippen molar-refractivity contribution < 1.29 is 4.74 Å². The third kappa shape index (κ3) is 2.26. The molecule has 0 amide bonds. The van der Waals surface area contributed by atoms with Gasteiger partial charge in [-0.3, -0.25) is 0 Å². The molecule has 1 aromatic heterocycles. The summed E-state index contributed by atoms with van der Waals surface area (Å²) in [6.07, 6.45) is 1.63. The monoisotopic (exact) mass is 275 g/mol. The largest absolute Gasteiger partial charge is 0.437 e. The van der Waals surface area contributed by atoms with Gasteiger partial charge in [0.2, 0.25) is 5.88 Å². The van der Waals surface area contributed by atoms with Crippen molar-refractivity contribution in [3.63, 3.8) is 0 Å². The Bertz CT molecular complexity index is 866. The number of anilines is 1. The Hall–Kier alpha value is -3.06. The van der Waals surface area contributed by atoms with E-state index < -0.39 is 0 Å². The van der Waals surface area contributed by atoms with Gasteiger partial charge in [-0.2, -0.15) is 5.26 Å². The van der Waals surface area contributed by atoms with Gasteiger partial charge in [-0.15, -0.1) is 0 Å². The molecule has 4 heteroatoms. The summed E-state index contributed by atoms with van der Waals surface area (Å²) in [5.41, 5.74) is 7.94. The van der Waals surface area contributed by atoms with Crippen LogP contribution < -0.4 is 10.5 Å². The van der Waals surface area contributed by atoms with E-state index in [0.29, 0.717) is 22.9 Å². The van der Waals surface area contributed by atoms with Gasteiger partial charge in [0, 0.05) is 22.7 Å². The zero-order valence-corrected chi connectivity index (χ0v) is 11.5. The number of nitriles is 1. The van der Waals surface area contributed by atoms with Crippen molar-refractivity contribution in [2.75, 3.05) is 5.73 Å². The summed E-state index contributed by atoms with van der Waals surface area (Å²) in [5, 5.41) is 11.1. The van der Waals surface area contributed by atoms with E-state index in [1.807, 2.05) is 31.2 Å². The summed E-state index contributed by atoms with van der Waals surface area (Å²) >= 11 is 0. The van der Waals surface area contributed by atoms with Crippen molar-refractivity contribution >= 4 is 16.5 Å². The topological polar surface area (TPSA) is 71.9 Å². The second kappa shape index (κ2) is 5.14. The molecule has 0 bridgehead atoms. The van der Waals surface area contributed by atoms with Crippen LogP contribution in [0.3, 0.4) is 0 Å². The van der Waals surface area contributed by atoms with Crippen LogP contribution in [0, 0.1) is 18.3 Å². The number of nitrogens with two attached hydrogens (primary N) is 1. The highest BCUT2D eigenvalue weighted by Gasteiger charge is 2.11. The van der Waals surface area contributed by atoms with E-state index in [-0.39, 0.29) is 0 Å². The third-order valence-electron chi connectivity index (χ3n) is 3.36. The number of fused-ring (bicyclic) bond motifs is 1. The molecule has 0 unspecified atom stereocenters. The van der Waals surface area contributed by atoms with Crippen LogP contribution in [0.2, 0.25) is 0 Å². The fraction of sp³-hybridized carbons (Fsp3) is 0.0588. The van der Waals surface area contributed by atoms with E-state index in [9.17, 15) is 5.26 Å². The highest BCUT2D eigenvalue weighted by atomic mass is 16.5. The average molecular weight is 275 g/mol. The van der Waals surface area contributed by atoms with Gasteiger partial charge in [0.25, 0.3) is 0 Å². The molecule has 1 heterocycles. The lowest BCUT2D eigenvalue weighted by molar-refractivity contribution is 0.466. The van der Waals surface area contributed by atoms with Gasteiger partial charge in [-0.1, -0.05) is 24.3 Å². The first kappa shape index (κ1) is 12.9. The van der Waals surface area contributed by atoms with Crippen LogP contribution in [0.5, 0.6) is 11.6 Å². The smallest absolute Gasteiger partial charge is 0.237 e. The Labute approximate surface area is 122 Å². The molecule has 0 atom stereocenters. The maximum atomic E-state index is 9.24. The number of aryl methyl sites for hydroxylation is 1. The first-order valence-electron chi connectivity index (χ1n) is 6.51. The molecule has 0 fully saturated rings. The zero-order chi connectivity index (χ0) is 14.8. The first-order valence-corrected chi connectivity index (χ1v) is 6.51. The van der Waals surface area contributed by atoms with E-state index in [2.05, 4.69) is 11.1 Å². The molecule has 3 aromatic rings. The number of aromatic nitrogens is 1. The number of nitrogens with zero attached hydrogens (tertiary/aromatic N) is 2. The summed E-state index contributed by atoms with van der Waals surface area (Å²) in [4.78, 5) is 4.16. The van der Waals surface area contributed by atoms with Gasteiger partial charge in [-0.25, -0.2) is 4.98 Å². The molecule has 0 aliphatic rings. The molecule has 0 spiro atoms. The van der Waals surface area contributed by atoms with Crippen LogP contribution in [-0.2, 0) is 0 Å². The van der Waals surface area contributed by atoms with Crippen LogP contribution in [0.15, 0.2) is 48.7 Å². The van der Waals surface area contributed by atoms with Crippen LogP contribution in [0.4, 0.5) is 5.69 Å². The quantitative estimate of drug-likeness (QED) is 0.722. The minimum atomic E-state index is 0.312. The van der Waals surface area contributed by atoms with E-state index in [4.69, 9.17) is 10.5 Å². The van der Waals surface area contributed by atoms with E-state index in [1.54, 1.807) is 24.4 Å². The highest BCUT2D eigenvalue weighted by Crippen LogP contribution is 2.33.